The summed E-state index contributed by atoms with van der Waals surface area (Å²) in [6.45, 7) is 10.8. The van der Waals surface area contributed by atoms with Gasteiger partial charge in [-0.25, -0.2) is 24.9 Å². The summed E-state index contributed by atoms with van der Waals surface area (Å²) < 4.78 is 0. The largest absolute Gasteiger partial charge is 0.258 e. The molecule has 6 nitrogen and oxygen atoms in total. The molecule has 0 unspecified atom stereocenters. The highest BCUT2D eigenvalue weighted by Gasteiger charge is 2.25. The monoisotopic (exact) mass is 372 g/mol. The van der Waals surface area contributed by atoms with Crippen LogP contribution in [0.15, 0.2) is 43.2 Å². The molecular weight excluding hydrogens is 348 g/mol. The fraction of sp³-hybridized carbons (Fsp3) is 0.364. The minimum absolute atomic E-state index is 0.0489. The predicted molar refractivity (Wildman–Crippen MR) is 110 cm³/mol. The molecule has 4 aromatic rings. The summed E-state index contributed by atoms with van der Waals surface area (Å²) in [6.07, 6.45) is 9.60. The van der Waals surface area contributed by atoms with Crippen LogP contribution in [0, 0.1) is 0 Å². The third kappa shape index (κ3) is 3.54. The van der Waals surface area contributed by atoms with Crippen LogP contribution in [0.2, 0.25) is 0 Å². The van der Waals surface area contributed by atoms with E-state index >= 15 is 0 Å². The Bertz CT molecular complexity index is 1160. The van der Waals surface area contributed by atoms with E-state index in [0.717, 1.165) is 33.5 Å². The van der Waals surface area contributed by atoms with Crippen LogP contribution in [-0.2, 0) is 17.3 Å². The maximum Gasteiger partial charge on any atom is 0.162 e. The molecule has 4 rings (SSSR count). The van der Waals surface area contributed by atoms with Crippen molar-refractivity contribution in [3.63, 3.8) is 0 Å². The molecule has 0 amide bonds. The lowest BCUT2D eigenvalue weighted by Crippen LogP contribution is -2.23. The van der Waals surface area contributed by atoms with Gasteiger partial charge in [0.25, 0.3) is 0 Å². The van der Waals surface area contributed by atoms with Crippen molar-refractivity contribution in [3.8, 4) is 0 Å². The lowest BCUT2D eigenvalue weighted by molar-refractivity contribution is 0.493. The van der Waals surface area contributed by atoms with Gasteiger partial charge in [0.15, 0.2) is 5.65 Å². The fourth-order valence-corrected chi connectivity index (χ4v) is 3.19. The number of fused-ring (bicyclic) bond motifs is 2. The number of rotatable bonds is 3. The molecule has 6 heteroatoms. The Balaban J connectivity index is 1.65. The van der Waals surface area contributed by atoms with Crippen LogP contribution in [0.25, 0.3) is 21.9 Å². The minimum Gasteiger partial charge on any atom is -0.258 e. The number of aromatic nitrogens is 6. The van der Waals surface area contributed by atoms with E-state index in [2.05, 4.69) is 65.6 Å². The zero-order chi connectivity index (χ0) is 19.9. The first-order valence-electron chi connectivity index (χ1n) is 9.41. The van der Waals surface area contributed by atoms with Crippen LogP contribution in [0.3, 0.4) is 0 Å². The number of pyridine rings is 2. The van der Waals surface area contributed by atoms with Gasteiger partial charge in [0, 0.05) is 46.9 Å². The molecule has 0 radical (unpaired) electrons. The highest BCUT2D eigenvalue weighted by molar-refractivity contribution is 5.77. The van der Waals surface area contributed by atoms with Crippen LogP contribution >= 0.6 is 0 Å². The molecule has 28 heavy (non-hydrogen) atoms. The highest BCUT2D eigenvalue weighted by Crippen LogP contribution is 2.28. The molecule has 4 aromatic heterocycles. The number of hydrogen-bond acceptors (Lipinski definition) is 6. The van der Waals surface area contributed by atoms with Crippen LogP contribution in [0.4, 0.5) is 0 Å². The summed E-state index contributed by atoms with van der Waals surface area (Å²) in [7, 11) is 0. The topological polar surface area (TPSA) is 77.3 Å². The molecule has 0 N–H and O–H groups in total. The lowest BCUT2D eigenvalue weighted by Gasteiger charge is -2.23. The van der Waals surface area contributed by atoms with Gasteiger partial charge in [-0.1, -0.05) is 34.6 Å². The van der Waals surface area contributed by atoms with Gasteiger partial charge in [0.1, 0.15) is 12.2 Å². The van der Waals surface area contributed by atoms with Crippen molar-refractivity contribution in [2.24, 2.45) is 0 Å². The lowest BCUT2D eigenvalue weighted by atomic mass is 9.84. The predicted octanol–water partition coefficient (Wildman–Crippen LogP) is 4.18. The number of nitrogens with zero attached hydrogens (tertiary/aromatic N) is 6. The van der Waals surface area contributed by atoms with E-state index in [4.69, 9.17) is 4.98 Å². The molecule has 0 saturated carbocycles. The second kappa shape index (κ2) is 6.55. The molecule has 0 aliphatic carbocycles. The standard InChI is InChI=1S/C22H24N6/c1-21(2,3)16-6-15-10-25-19(28-20(15)26-11-16)8-22(4,5)18-7-14-9-23-13-27-17(14)12-24-18/h6-7,9-13H,8H2,1-5H3. The normalized spacial score (nSPS) is 12.6. The van der Waals surface area contributed by atoms with Crippen molar-refractivity contribution in [1.29, 1.82) is 0 Å². The Labute approximate surface area is 164 Å². The second-order valence-corrected chi connectivity index (χ2v) is 8.88. The van der Waals surface area contributed by atoms with Crippen molar-refractivity contribution in [2.45, 2.75) is 51.9 Å². The first-order valence-corrected chi connectivity index (χ1v) is 9.41. The van der Waals surface area contributed by atoms with E-state index in [1.54, 1.807) is 6.20 Å². The quantitative estimate of drug-likeness (QED) is 0.537. The third-order valence-corrected chi connectivity index (χ3v) is 5.03. The van der Waals surface area contributed by atoms with Gasteiger partial charge in [-0.2, -0.15) is 0 Å². The van der Waals surface area contributed by atoms with Crippen LogP contribution < -0.4 is 0 Å². The van der Waals surface area contributed by atoms with Crippen molar-refractivity contribution in [3.05, 3.63) is 60.3 Å². The van der Waals surface area contributed by atoms with Gasteiger partial charge in [-0.3, -0.25) is 4.98 Å². The van der Waals surface area contributed by atoms with Crippen molar-refractivity contribution in [1.82, 2.24) is 29.9 Å². The SMILES string of the molecule is CC(C)(C)c1cnc2nc(CC(C)(C)c3cc4cncnc4cn3)ncc2c1. The van der Waals surface area contributed by atoms with Gasteiger partial charge in [0.05, 0.1) is 11.7 Å². The van der Waals surface area contributed by atoms with Crippen LogP contribution in [-0.4, -0.2) is 29.9 Å². The highest BCUT2D eigenvalue weighted by atomic mass is 14.9. The Morgan fingerprint density at radius 2 is 1.61 bits per heavy atom. The first-order chi connectivity index (χ1) is 13.2. The van der Waals surface area contributed by atoms with Crippen LogP contribution in [0.5, 0.6) is 0 Å². The molecule has 0 spiro atoms. The van der Waals surface area contributed by atoms with Crippen molar-refractivity contribution >= 4 is 21.9 Å². The summed E-state index contributed by atoms with van der Waals surface area (Å²) in [6, 6.07) is 4.17. The maximum absolute atomic E-state index is 4.70. The average molecular weight is 372 g/mol. The molecular formula is C22H24N6. The molecule has 0 bridgehead atoms. The van der Waals surface area contributed by atoms with E-state index in [0.29, 0.717) is 6.42 Å². The van der Waals surface area contributed by atoms with Gasteiger partial charge < -0.3 is 0 Å². The first kappa shape index (κ1) is 18.3. The molecule has 4 heterocycles. The smallest absolute Gasteiger partial charge is 0.162 e. The van der Waals surface area contributed by atoms with Gasteiger partial charge in [0.2, 0.25) is 0 Å². The third-order valence-electron chi connectivity index (χ3n) is 5.03. The summed E-state index contributed by atoms with van der Waals surface area (Å²) in [5.41, 5.74) is 3.54. The Kier molecular flexibility index (Phi) is 4.29. The average Bonchev–Trinajstić information content (AvgIpc) is 2.66. The minimum atomic E-state index is -0.233. The van der Waals surface area contributed by atoms with E-state index in [1.807, 2.05) is 24.7 Å². The Morgan fingerprint density at radius 1 is 0.786 bits per heavy atom. The zero-order valence-corrected chi connectivity index (χ0v) is 16.9. The van der Waals surface area contributed by atoms with E-state index in [9.17, 15) is 0 Å². The van der Waals surface area contributed by atoms with Crippen molar-refractivity contribution in [2.75, 3.05) is 0 Å². The molecule has 142 valence electrons. The van der Waals surface area contributed by atoms with E-state index in [1.165, 1.54) is 11.9 Å². The molecule has 0 aromatic carbocycles. The molecule has 0 saturated heterocycles. The van der Waals surface area contributed by atoms with E-state index < -0.39 is 0 Å². The molecule has 0 aliphatic rings. The molecule has 0 fully saturated rings. The summed E-state index contributed by atoms with van der Waals surface area (Å²) >= 11 is 0. The van der Waals surface area contributed by atoms with Crippen LogP contribution in [0.1, 0.15) is 51.7 Å². The fourth-order valence-electron chi connectivity index (χ4n) is 3.19. The van der Waals surface area contributed by atoms with Gasteiger partial charge in [-0.15, -0.1) is 0 Å². The van der Waals surface area contributed by atoms with Gasteiger partial charge >= 0.3 is 0 Å². The Morgan fingerprint density at radius 3 is 2.39 bits per heavy atom. The van der Waals surface area contributed by atoms with Gasteiger partial charge in [-0.05, 0) is 23.1 Å². The molecule has 0 atom stereocenters. The summed E-state index contributed by atoms with van der Waals surface area (Å²) in [5, 5.41) is 1.95. The Hall–Kier alpha value is -3.02. The summed E-state index contributed by atoms with van der Waals surface area (Å²) in [5.74, 6) is 0.764. The maximum atomic E-state index is 4.70. The van der Waals surface area contributed by atoms with Crippen molar-refractivity contribution < 1.29 is 0 Å². The zero-order valence-electron chi connectivity index (χ0n) is 16.9. The second-order valence-electron chi connectivity index (χ2n) is 8.88. The number of hydrogen-bond donors (Lipinski definition) is 0. The molecule has 0 aliphatic heterocycles. The summed E-state index contributed by atoms with van der Waals surface area (Å²) in [4.78, 5) is 26.8. The van der Waals surface area contributed by atoms with E-state index in [-0.39, 0.29) is 10.8 Å².